The zero-order valence-corrected chi connectivity index (χ0v) is 12.5. The van der Waals surface area contributed by atoms with Crippen molar-refractivity contribution >= 4 is 0 Å². The van der Waals surface area contributed by atoms with Crippen molar-refractivity contribution in [3.05, 3.63) is 18.0 Å². The molecule has 2 aliphatic rings. The first-order valence-electron chi connectivity index (χ1n) is 8.13. The van der Waals surface area contributed by atoms with Gasteiger partial charge in [-0.2, -0.15) is 5.10 Å². The number of aryl methyl sites for hydroxylation is 1. The number of likely N-dealkylation sites (tertiary alicyclic amines) is 1. The van der Waals surface area contributed by atoms with E-state index in [1.54, 1.807) is 0 Å². The van der Waals surface area contributed by atoms with Crippen LogP contribution in [0.3, 0.4) is 0 Å². The number of aromatic nitrogens is 2. The Kier molecular flexibility index (Phi) is 4.41. The molecular weight excluding hydrogens is 250 g/mol. The topological polar surface area (TPSA) is 41.3 Å². The van der Waals surface area contributed by atoms with Gasteiger partial charge in [-0.3, -0.25) is 9.58 Å². The van der Waals surface area contributed by atoms with Gasteiger partial charge < -0.3 is 5.11 Å². The van der Waals surface area contributed by atoms with Gasteiger partial charge in [-0.05, 0) is 44.2 Å². The minimum atomic E-state index is -0.0623. The summed E-state index contributed by atoms with van der Waals surface area (Å²) < 4.78 is 1.88. The lowest BCUT2D eigenvalue weighted by Crippen LogP contribution is -2.43. The number of hydrogen-bond acceptors (Lipinski definition) is 3. The van der Waals surface area contributed by atoms with Crippen LogP contribution in [-0.4, -0.2) is 45.0 Å². The van der Waals surface area contributed by atoms with Gasteiger partial charge in [0.05, 0.1) is 12.3 Å². The second-order valence-electron chi connectivity index (χ2n) is 6.53. The Hall–Kier alpha value is -0.870. The van der Waals surface area contributed by atoms with Crippen LogP contribution in [0, 0.1) is 5.92 Å². The molecule has 1 aliphatic heterocycles. The van der Waals surface area contributed by atoms with Gasteiger partial charge in [0.1, 0.15) is 0 Å². The van der Waals surface area contributed by atoms with E-state index in [1.165, 1.54) is 44.2 Å². The molecule has 1 aromatic heterocycles. The highest BCUT2D eigenvalue weighted by atomic mass is 16.3. The van der Waals surface area contributed by atoms with Crippen molar-refractivity contribution in [3.63, 3.8) is 0 Å². The molecule has 1 aromatic rings. The maximum atomic E-state index is 10.3. The van der Waals surface area contributed by atoms with Crippen molar-refractivity contribution in [3.8, 4) is 0 Å². The molecule has 2 fully saturated rings. The van der Waals surface area contributed by atoms with Crippen LogP contribution in [0.4, 0.5) is 0 Å². The van der Waals surface area contributed by atoms with E-state index in [1.807, 2.05) is 17.9 Å². The summed E-state index contributed by atoms with van der Waals surface area (Å²) in [5.74, 6) is 0.514. The van der Waals surface area contributed by atoms with Crippen LogP contribution in [0.1, 0.15) is 44.1 Å². The van der Waals surface area contributed by atoms with Crippen LogP contribution in [0.5, 0.6) is 0 Å². The molecule has 0 spiro atoms. The molecule has 1 saturated heterocycles. The highest BCUT2D eigenvalue weighted by molar-refractivity contribution is 5.04. The SMILES string of the molecule is Cn1cc(CCN2CCCC2C2CCCCC2O)cn1. The number of nitrogens with zero attached hydrogens (tertiary/aromatic N) is 3. The van der Waals surface area contributed by atoms with Crippen LogP contribution >= 0.6 is 0 Å². The highest BCUT2D eigenvalue weighted by Gasteiger charge is 2.36. The molecule has 3 rings (SSSR count). The van der Waals surface area contributed by atoms with Crippen molar-refractivity contribution in [2.24, 2.45) is 13.0 Å². The minimum Gasteiger partial charge on any atom is -0.393 e. The van der Waals surface area contributed by atoms with Crippen molar-refractivity contribution in [2.75, 3.05) is 13.1 Å². The number of aliphatic hydroxyl groups excluding tert-OH is 1. The molecule has 1 saturated carbocycles. The fourth-order valence-corrected chi connectivity index (χ4v) is 4.08. The Morgan fingerprint density at radius 1 is 1.25 bits per heavy atom. The smallest absolute Gasteiger partial charge is 0.0583 e. The van der Waals surface area contributed by atoms with Gasteiger partial charge >= 0.3 is 0 Å². The van der Waals surface area contributed by atoms with Gasteiger partial charge in [-0.25, -0.2) is 0 Å². The fourth-order valence-electron chi connectivity index (χ4n) is 4.08. The Balaban J connectivity index is 1.57. The van der Waals surface area contributed by atoms with Crippen molar-refractivity contribution in [1.82, 2.24) is 14.7 Å². The second kappa shape index (κ2) is 6.27. The van der Waals surface area contributed by atoms with Gasteiger partial charge in [-0.1, -0.05) is 12.8 Å². The van der Waals surface area contributed by atoms with E-state index in [-0.39, 0.29) is 6.10 Å². The number of rotatable bonds is 4. The molecular formula is C16H27N3O. The predicted molar refractivity (Wildman–Crippen MR) is 79.5 cm³/mol. The Labute approximate surface area is 121 Å². The van der Waals surface area contributed by atoms with E-state index in [0.717, 1.165) is 19.4 Å². The molecule has 0 aromatic carbocycles. The lowest BCUT2D eigenvalue weighted by Gasteiger charge is -2.37. The third kappa shape index (κ3) is 3.07. The van der Waals surface area contributed by atoms with Crippen LogP contribution < -0.4 is 0 Å². The lowest BCUT2D eigenvalue weighted by atomic mass is 9.80. The standard InChI is InChI=1S/C16H27N3O/c1-18-12-13(11-17-18)8-10-19-9-4-6-15(19)14-5-2-3-7-16(14)20/h11-12,14-16,20H,2-10H2,1H3. The maximum absolute atomic E-state index is 10.3. The van der Waals surface area contributed by atoms with Gasteiger partial charge in [-0.15, -0.1) is 0 Å². The molecule has 3 unspecified atom stereocenters. The Bertz CT molecular complexity index is 431. The summed E-state index contributed by atoms with van der Waals surface area (Å²) in [7, 11) is 1.97. The number of hydrogen-bond donors (Lipinski definition) is 1. The van der Waals surface area contributed by atoms with Crippen LogP contribution in [-0.2, 0) is 13.5 Å². The van der Waals surface area contributed by atoms with E-state index < -0.39 is 0 Å². The average molecular weight is 277 g/mol. The average Bonchev–Trinajstić information content (AvgIpc) is 3.06. The third-order valence-electron chi connectivity index (χ3n) is 5.14. The summed E-state index contributed by atoms with van der Waals surface area (Å²) in [5, 5.41) is 14.5. The van der Waals surface area contributed by atoms with Crippen LogP contribution in [0.25, 0.3) is 0 Å². The predicted octanol–water partition coefficient (Wildman–Crippen LogP) is 1.98. The highest BCUT2D eigenvalue weighted by Crippen LogP contribution is 2.34. The molecule has 4 nitrogen and oxygen atoms in total. The first kappa shape index (κ1) is 14.1. The molecule has 20 heavy (non-hydrogen) atoms. The van der Waals surface area contributed by atoms with E-state index in [0.29, 0.717) is 12.0 Å². The van der Waals surface area contributed by atoms with Crippen molar-refractivity contribution in [1.29, 1.82) is 0 Å². The van der Waals surface area contributed by atoms with Gasteiger partial charge in [0.2, 0.25) is 0 Å². The molecule has 0 radical (unpaired) electrons. The van der Waals surface area contributed by atoms with Crippen LogP contribution in [0.15, 0.2) is 12.4 Å². The summed E-state index contributed by atoms with van der Waals surface area (Å²) in [6.07, 6.45) is 12.4. The van der Waals surface area contributed by atoms with Gasteiger partial charge in [0.15, 0.2) is 0 Å². The van der Waals surface area contributed by atoms with E-state index in [4.69, 9.17) is 0 Å². The van der Waals surface area contributed by atoms with E-state index in [9.17, 15) is 5.11 Å². The van der Waals surface area contributed by atoms with E-state index >= 15 is 0 Å². The third-order valence-corrected chi connectivity index (χ3v) is 5.14. The zero-order chi connectivity index (χ0) is 13.9. The molecule has 0 amide bonds. The van der Waals surface area contributed by atoms with Gasteiger partial charge in [0.25, 0.3) is 0 Å². The zero-order valence-electron chi connectivity index (χ0n) is 12.5. The van der Waals surface area contributed by atoms with Crippen molar-refractivity contribution < 1.29 is 5.11 Å². The minimum absolute atomic E-state index is 0.0623. The largest absolute Gasteiger partial charge is 0.393 e. The summed E-state index contributed by atoms with van der Waals surface area (Å²) in [6, 6.07) is 0.613. The first-order valence-corrected chi connectivity index (χ1v) is 8.13. The maximum Gasteiger partial charge on any atom is 0.0583 e. The summed E-state index contributed by atoms with van der Waals surface area (Å²) in [6.45, 7) is 2.31. The molecule has 0 bridgehead atoms. The lowest BCUT2D eigenvalue weighted by molar-refractivity contribution is 0.0225. The van der Waals surface area contributed by atoms with Crippen LogP contribution in [0.2, 0.25) is 0 Å². The quantitative estimate of drug-likeness (QED) is 0.915. The van der Waals surface area contributed by atoms with E-state index in [2.05, 4.69) is 16.2 Å². The van der Waals surface area contributed by atoms with Crippen molar-refractivity contribution in [2.45, 2.75) is 57.1 Å². The summed E-state index contributed by atoms with van der Waals surface area (Å²) in [5.41, 5.74) is 1.32. The molecule has 4 heteroatoms. The molecule has 2 heterocycles. The normalized spacial score (nSPS) is 31.8. The molecule has 3 atom stereocenters. The second-order valence-corrected chi connectivity index (χ2v) is 6.53. The monoisotopic (exact) mass is 277 g/mol. The molecule has 1 aliphatic carbocycles. The van der Waals surface area contributed by atoms with Gasteiger partial charge in [0, 0.05) is 31.7 Å². The summed E-state index contributed by atoms with van der Waals surface area (Å²) >= 11 is 0. The fraction of sp³-hybridized carbons (Fsp3) is 0.812. The first-order chi connectivity index (χ1) is 9.74. The summed E-state index contributed by atoms with van der Waals surface area (Å²) in [4.78, 5) is 2.62. The Morgan fingerprint density at radius 2 is 2.10 bits per heavy atom. The Morgan fingerprint density at radius 3 is 2.85 bits per heavy atom. The number of aliphatic hydroxyl groups is 1. The molecule has 1 N–H and O–H groups in total. The molecule has 112 valence electrons.